The number of carbonyl (C=O) groups excluding carboxylic acids is 1. The first kappa shape index (κ1) is 13.7. The number of aromatic nitrogens is 2. The van der Waals surface area contributed by atoms with Crippen molar-refractivity contribution in [2.75, 3.05) is 5.32 Å². The molecule has 2 N–H and O–H groups in total. The van der Waals surface area contributed by atoms with Crippen LogP contribution in [0.2, 0.25) is 0 Å². The molecule has 110 valence electrons. The van der Waals surface area contributed by atoms with Crippen LogP contribution in [0.4, 0.5) is 5.69 Å². The molecule has 22 heavy (non-hydrogen) atoms. The molecule has 7 nitrogen and oxygen atoms in total. The van der Waals surface area contributed by atoms with Crippen molar-refractivity contribution in [1.82, 2.24) is 10.3 Å². The predicted molar refractivity (Wildman–Crippen MR) is 77.5 cm³/mol. The minimum Gasteiger partial charge on any atom is -0.478 e. The van der Waals surface area contributed by atoms with Crippen LogP contribution in [0.1, 0.15) is 15.9 Å². The molecule has 0 atom stereocenters. The second-order valence-electron chi connectivity index (χ2n) is 4.62. The lowest BCUT2D eigenvalue weighted by molar-refractivity contribution is -0.115. The molecule has 0 unspecified atom stereocenters. The van der Waals surface area contributed by atoms with Gasteiger partial charge in [0.15, 0.2) is 5.52 Å². The van der Waals surface area contributed by atoms with E-state index in [0.29, 0.717) is 22.3 Å². The molecule has 1 heterocycles. The van der Waals surface area contributed by atoms with E-state index in [4.69, 9.17) is 5.11 Å². The number of nitrogens with one attached hydrogen (secondary N) is 1. The lowest BCUT2D eigenvalue weighted by Gasteiger charge is -2.07. The SMILES string of the molecule is O=C(Cc1ccccc1C(=O)O)Nc1cccc2nonc12. The Balaban J connectivity index is 1.81. The van der Waals surface area contributed by atoms with Crippen LogP contribution in [0, 0.1) is 0 Å². The van der Waals surface area contributed by atoms with Crippen molar-refractivity contribution in [3.8, 4) is 0 Å². The van der Waals surface area contributed by atoms with Crippen molar-refractivity contribution in [3.05, 3.63) is 53.6 Å². The summed E-state index contributed by atoms with van der Waals surface area (Å²) in [7, 11) is 0. The second kappa shape index (κ2) is 5.65. The Hall–Kier alpha value is -3.22. The molecule has 0 spiro atoms. The van der Waals surface area contributed by atoms with Gasteiger partial charge in [0.25, 0.3) is 0 Å². The number of carboxylic acid groups (broad SMARTS) is 1. The van der Waals surface area contributed by atoms with Crippen LogP contribution in [-0.2, 0) is 11.2 Å². The molecule has 3 rings (SSSR count). The summed E-state index contributed by atoms with van der Waals surface area (Å²) < 4.78 is 4.63. The summed E-state index contributed by atoms with van der Waals surface area (Å²) in [5.41, 5.74) is 2.00. The minimum atomic E-state index is -1.06. The van der Waals surface area contributed by atoms with Crippen LogP contribution in [0.25, 0.3) is 11.0 Å². The number of hydrogen-bond donors (Lipinski definition) is 2. The van der Waals surface area contributed by atoms with Crippen molar-refractivity contribution in [3.63, 3.8) is 0 Å². The van der Waals surface area contributed by atoms with Gasteiger partial charge in [0.1, 0.15) is 5.52 Å². The maximum atomic E-state index is 12.1. The van der Waals surface area contributed by atoms with Crippen molar-refractivity contribution in [2.45, 2.75) is 6.42 Å². The third-order valence-corrected chi connectivity index (χ3v) is 3.16. The highest BCUT2D eigenvalue weighted by molar-refractivity contribution is 6.01. The van der Waals surface area contributed by atoms with Crippen LogP contribution in [0.5, 0.6) is 0 Å². The molecule has 2 aromatic carbocycles. The molecule has 0 aliphatic rings. The van der Waals surface area contributed by atoms with E-state index in [2.05, 4.69) is 20.3 Å². The standard InChI is InChI=1S/C15H11N3O4/c19-13(8-9-4-1-2-5-10(9)15(20)21)16-11-6-3-7-12-14(11)18-22-17-12/h1-7H,8H2,(H,16,19)(H,20,21). The zero-order chi connectivity index (χ0) is 15.5. The zero-order valence-corrected chi connectivity index (χ0v) is 11.3. The zero-order valence-electron chi connectivity index (χ0n) is 11.3. The summed E-state index contributed by atoms with van der Waals surface area (Å²) in [6.07, 6.45) is -0.0514. The number of rotatable bonds is 4. The van der Waals surface area contributed by atoms with Crippen LogP contribution >= 0.6 is 0 Å². The average Bonchev–Trinajstić information content (AvgIpc) is 2.97. The number of nitrogens with zero attached hydrogens (tertiary/aromatic N) is 2. The number of carbonyl (C=O) groups is 2. The first-order valence-corrected chi connectivity index (χ1v) is 6.47. The first-order valence-electron chi connectivity index (χ1n) is 6.47. The average molecular weight is 297 g/mol. The molecule has 7 heteroatoms. The highest BCUT2D eigenvalue weighted by atomic mass is 16.6. The van der Waals surface area contributed by atoms with Gasteiger partial charge in [-0.1, -0.05) is 24.3 Å². The van der Waals surface area contributed by atoms with Gasteiger partial charge < -0.3 is 10.4 Å². The van der Waals surface area contributed by atoms with Crippen LogP contribution < -0.4 is 5.32 Å². The van der Waals surface area contributed by atoms with Gasteiger partial charge in [-0.3, -0.25) is 4.79 Å². The molecule has 0 radical (unpaired) electrons. The minimum absolute atomic E-state index is 0.0514. The molecule has 0 bridgehead atoms. The summed E-state index contributed by atoms with van der Waals surface area (Å²) in [4.78, 5) is 23.3. The molecule has 0 saturated heterocycles. The first-order chi connectivity index (χ1) is 10.6. The Morgan fingerprint density at radius 3 is 2.73 bits per heavy atom. The van der Waals surface area contributed by atoms with Gasteiger partial charge in [0, 0.05) is 0 Å². The Morgan fingerprint density at radius 1 is 1.09 bits per heavy atom. The highest BCUT2D eigenvalue weighted by Gasteiger charge is 2.14. The van der Waals surface area contributed by atoms with Crippen molar-refractivity contribution in [1.29, 1.82) is 0 Å². The number of aromatic carboxylic acids is 1. The van der Waals surface area contributed by atoms with E-state index in [1.807, 2.05) is 0 Å². The third-order valence-electron chi connectivity index (χ3n) is 3.16. The second-order valence-corrected chi connectivity index (χ2v) is 4.62. The van der Waals surface area contributed by atoms with E-state index in [9.17, 15) is 9.59 Å². The van der Waals surface area contributed by atoms with Gasteiger partial charge in [0.05, 0.1) is 17.7 Å². The fourth-order valence-corrected chi connectivity index (χ4v) is 2.16. The lowest BCUT2D eigenvalue weighted by Crippen LogP contribution is -2.16. The smallest absolute Gasteiger partial charge is 0.335 e. The van der Waals surface area contributed by atoms with E-state index in [0.717, 1.165) is 0 Å². The lowest BCUT2D eigenvalue weighted by atomic mass is 10.0. The van der Waals surface area contributed by atoms with Gasteiger partial charge in [0.2, 0.25) is 5.91 Å². The van der Waals surface area contributed by atoms with E-state index >= 15 is 0 Å². The van der Waals surface area contributed by atoms with Crippen molar-refractivity contribution >= 4 is 28.6 Å². The van der Waals surface area contributed by atoms with Gasteiger partial charge in [-0.2, -0.15) is 0 Å². The van der Waals surface area contributed by atoms with Crippen molar-refractivity contribution in [2.24, 2.45) is 0 Å². The molecule has 0 saturated carbocycles. The molecule has 1 amide bonds. The monoisotopic (exact) mass is 297 g/mol. The van der Waals surface area contributed by atoms with Gasteiger partial charge in [-0.25, -0.2) is 9.42 Å². The summed E-state index contributed by atoms with van der Waals surface area (Å²) in [6, 6.07) is 11.5. The highest BCUT2D eigenvalue weighted by Crippen LogP contribution is 2.20. The van der Waals surface area contributed by atoms with E-state index in [-0.39, 0.29) is 17.9 Å². The maximum absolute atomic E-state index is 12.1. The third kappa shape index (κ3) is 2.64. The topological polar surface area (TPSA) is 105 Å². The number of carboxylic acids is 1. The summed E-state index contributed by atoms with van der Waals surface area (Å²) in [5.74, 6) is -1.41. The summed E-state index contributed by atoms with van der Waals surface area (Å²) >= 11 is 0. The number of benzene rings is 2. The van der Waals surface area contributed by atoms with E-state index in [1.54, 1.807) is 36.4 Å². The van der Waals surface area contributed by atoms with E-state index < -0.39 is 5.97 Å². The Morgan fingerprint density at radius 2 is 1.91 bits per heavy atom. The number of amides is 1. The van der Waals surface area contributed by atoms with Crippen LogP contribution in [0.15, 0.2) is 47.1 Å². The molecule has 1 aromatic heterocycles. The maximum Gasteiger partial charge on any atom is 0.335 e. The largest absolute Gasteiger partial charge is 0.478 e. The molecular formula is C15H11N3O4. The van der Waals surface area contributed by atoms with Gasteiger partial charge >= 0.3 is 5.97 Å². The Bertz CT molecular complexity index is 857. The Labute approximate surface area is 124 Å². The Kier molecular flexibility index (Phi) is 3.53. The predicted octanol–water partition coefficient (Wildman–Crippen LogP) is 2.10. The quantitative estimate of drug-likeness (QED) is 0.764. The molecule has 0 aliphatic carbocycles. The normalized spacial score (nSPS) is 10.5. The number of fused-ring (bicyclic) bond motifs is 1. The van der Waals surface area contributed by atoms with E-state index in [1.165, 1.54) is 6.07 Å². The fourth-order valence-electron chi connectivity index (χ4n) is 2.16. The number of hydrogen-bond acceptors (Lipinski definition) is 5. The van der Waals surface area contributed by atoms with Gasteiger partial charge in [-0.05, 0) is 34.1 Å². The number of anilines is 1. The summed E-state index contributed by atoms with van der Waals surface area (Å²) in [5, 5.41) is 19.2. The summed E-state index contributed by atoms with van der Waals surface area (Å²) in [6.45, 7) is 0. The molecule has 0 aliphatic heterocycles. The molecular weight excluding hydrogens is 286 g/mol. The van der Waals surface area contributed by atoms with Crippen LogP contribution in [0.3, 0.4) is 0 Å². The fraction of sp³-hybridized carbons (Fsp3) is 0.0667. The molecule has 0 fully saturated rings. The van der Waals surface area contributed by atoms with Gasteiger partial charge in [-0.15, -0.1) is 0 Å². The van der Waals surface area contributed by atoms with Crippen LogP contribution in [-0.4, -0.2) is 27.3 Å². The van der Waals surface area contributed by atoms with Crippen molar-refractivity contribution < 1.29 is 19.3 Å². The molecule has 3 aromatic rings.